The number of carbonyl (C=O) groups is 1. The smallest absolute Gasteiger partial charge is 0.249 e. The molecule has 0 bridgehead atoms. The molecular formula is C54H103NO5. The average molecular weight is 846 g/mol. The number of hydrogen-bond donors (Lipinski definition) is 5. The van der Waals surface area contributed by atoms with Crippen molar-refractivity contribution in [3.63, 3.8) is 0 Å². The molecule has 0 aliphatic rings. The van der Waals surface area contributed by atoms with Gasteiger partial charge in [0.05, 0.1) is 18.8 Å². The number of rotatable bonds is 48. The molecular weight excluding hydrogens is 743 g/mol. The molecule has 0 saturated carbocycles. The van der Waals surface area contributed by atoms with Crippen molar-refractivity contribution in [2.45, 2.75) is 295 Å². The van der Waals surface area contributed by atoms with Crippen LogP contribution in [-0.4, -0.2) is 57.3 Å². The highest BCUT2D eigenvalue weighted by Gasteiger charge is 2.28. The minimum atomic E-state index is -1.29. The van der Waals surface area contributed by atoms with Gasteiger partial charge >= 0.3 is 0 Å². The van der Waals surface area contributed by atoms with Crippen LogP contribution in [0.4, 0.5) is 0 Å². The van der Waals surface area contributed by atoms with Crippen molar-refractivity contribution in [2.75, 3.05) is 6.61 Å². The number of allylic oxidation sites excluding steroid dienone is 6. The normalized spacial score (nSPS) is 14.2. The van der Waals surface area contributed by atoms with Gasteiger partial charge in [-0.05, 0) is 77.0 Å². The van der Waals surface area contributed by atoms with E-state index >= 15 is 0 Å². The first-order valence-corrected chi connectivity index (χ1v) is 26.4. The summed E-state index contributed by atoms with van der Waals surface area (Å²) in [7, 11) is 0. The van der Waals surface area contributed by atoms with Crippen molar-refractivity contribution in [2.24, 2.45) is 0 Å². The van der Waals surface area contributed by atoms with E-state index in [1.165, 1.54) is 199 Å². The van der Waals surface area contributed by atoms with Crippen molar-refractivity contribution in [1.29, 1.82) is 0 Å². The van der Waals surface area contributed by atoms with Crippen molar-refractivity contribution < 1.29 is 25.2 Å². The lowest BCUT2D eigenvalue weighted by atomic mass is 10.00. The molecule has 0 aliphatic carbocycles. The predicted molar refractivity (Wildman–Crippen MR) is 260 cm³/mol. The van der Waals surface area contributed by atoms with E-state index < -0.39 is 36.9 Å². The van der Waals surface area contributed by atoms with Crippen LogP contribution in [0.5, 0.6) is 0 Å². The van der Waals surface area contributed by atoms with Crippen molar-refractivity contribution in [1.82, 2.24) is 5.32 Å². The second-order valence-corrected chi connectivity index (χ2v) is 18.2. The molecule has 0 aromatic rings. The van der Waals surface area contributed by atoms with Gasteiger partial charge in [-0.25, -0.2) is 0 Å². The largest absolute Gasteiger partial charge is 0.394 e. The fraction of sp³-hybridized carbons (Fsp3) is 0.870. The molecule has 0 heterocycles. The summed E-state index contributed by atoms with van der Waals surface area (Å²) in [6.45, 7) is 4.05. The molecule has 6 nitrogen and oxygen atoms in total. The number of hydrogen-bond acceptors (Lipinski definition) is 5. The third kappa shape index (κ3) is 41.9. The van der Waals surface area contributed by atoms with Gasteiger partial charge in [-0.2, -0.15) is 0 Å². The van der Waals surface area contributed by atoms with Gasteiger partial charge < -0.3 is 25.7 Å². The quantitative estimate of drug-likeness (QED) is 0.0309. The van der Waals surface area contributed by atoms with Crippen LogP contribution < -0.4 is 5.32 Å². The van der Waals surface area contributed by atoms with E-state index in [2.05, 4.69) is 55.6 Å². The van der Waals surface area contributed by atoms with E-state index in [1.54, 1.807) is 0 Å². The fourth-order valence-electron chi connectivity index (χ4n) is 8.12. The molecule has 0 spiro atoms. The van der Waals surface area contributed by atoms with Gasteiger partial charge in [0.25, 0.3) is 0 Å². The molecule has 5 N–H and O–H groups in total. The monoisotopic (exact) mass is 846 g/mol. The van der Waals surface area contributed by atoms with Crippen LogP contribution in [0.2, 0.25) is 0 Å². The van der Waals surface area contributed by atoms with Crippen LogP contribution in [0.15, 0.2) is 36.5 Å². The van der Waals surface area contributed by atoms with Gasteiger partial charge in [-0.3, -0.25) is 4.79 Å². The second kappa shape index (κ2) is 48.6. The molecule has 0 aliphatic heterocycles. The molecule has 6 heteroatoms. The highest BCUT2D eigenvalue weighted by molar-refractivity contribution is 5.80. The van der Waals surface area contributed by atoms with Crippen LogP contribution in [0, 0.1) is 0 Å². The summed E-state index contributed by atoms with van der Waals surface area (Å²) in [5, 5.41) is 43.8. The second-order valence-electron chi connectivity index (χ2n) is 18.2. The van der Waals surface area contributed by atoms with E-state index in [4.69, 9.17) is 0 Å². The zero-order valence-electron chi connectivity index (χ0n) is 40.0. The SMILES string of the molecule is CCCCCCCCCC/C=C/CC/C=C/CCCC(O)C(O)C(CO)NC(=O)C(O)CCCCCCCCCCCCC/C=C\CCCCCCCCCCCCCC. The summed E-state index contributed by atoms with van der Waals surface area (Å²) in [4.78, 5) is 12.6. The first kappa shape index (κ1) is 58.5. The number of aliphatic hydroxyl groups is 4. The van der Waals surface area contributed by atoms with E-state index in [0.29, 0.717) is 19.3 Å². The molecule has 0 aromatic heterocycles. The third-order valence-corrected chi connectivity index (χ3v) is 12.3. The molecule has 0 fully saturated rings. The molecule has 0 saturated heterocycles. The maximum Gasteiger partial charge on any atom is 0.249 e. The predicted octanol–water partition coefficient (Wildman–Crippen LogP) is 14.9. The standard InChI is InChI=1S/C54H103NO5/c1-3-5-7-9-11-13-15-17-19-21-22-23-24-25-26-27-28-29-30-32-34-36-38-40-42-44-46-48-52(58)54(60)55-50(49-56)53(59)51(57)47-45-43-41-39-37-35-33-31-20-18-16-14-12-10-8-6-4-2/h25-26,31,33,39,41,50-53,56-59H,3-24,27-30,32,34-38,40,42-49H2,1-2H3,(H,55,60)/b26-25-,33-31+,41-39+. The Kier molecular flexibility index (Phi) is 47.4. The molecule has 0 radical (unpaired) electrons. The van der Waals surface area contributed by atoms with Gasteiger partial charge in [-0.15, -0.1) is 0 Å². The van der Waals surface area contributed by atoms with E-state index in [1.807, 2.05) is 0 Å². The summed E-state index contributed by atoms with van der Waals surface area (Å²) in [6.07, 6.45) is 59.2. The van der Waals surface area contributed by atoms with Crippen LogP contribution in [0.1, 0.15) is 271 Å². The molecule has 60 heavy (non-hydrogen) atoms. The highest BCUT2D eigenvalue weighted by atomic mass is 16.3. The topological polar surface area (TPSA) is 110 Å². The fourth-order valence-corrected chi connectivity index (χ4v) is 8.12. The van der Waals surface area contributed by atoms with Crippen LogP contribution in [0.3, 0.4) is 0 Å². The molecule has 0 rings (SSSR count). The zero-order chi connectivity index (χ0) is 43.8. The van der Waals surface area contributed by atoms with E-state index in [9.17, 15) is 25.2 Å². The van der Waals surface area contributed by atoms with Gasteiger partial charge in [0.2, 0.25) is 5.91 Å². The molecule has 354 valence electrons. The number of unbranched alkanes of at least 4 members (excludes halogenated alkanes) is 33. The number of amides is 1. The molecule has 0 aromatic carbocycles. The third-order valence-electron chi connectivity index (χ3n) is 12.3. The molecule has 1 amide bonds. The Morgan fingerprint density at radius 1 is 0.400 bits per heavy atom. The minimum absolute atomic E-state index is 0.360. The summed E-state index contributed by atoms with van der Waals surface area (Å²) in [5.41, 5.74) is 0. The number of nitrogens with one attached hydrogen (secondary N) is 1. The van der Waals surface area contributed by atoms with Gasteiger partial charge in [0, 0.05) is 0 Å². The maximum absolute atomic E-state index is 12.6. The summed E-state index contributed by atoms with van der Waals surface area (Å²) < 4.78 is 0. The van der Waals surface area contributed by atoms with Crippen LogP contribution in [-0.2, 0) is 4.79 Å². The summed E-state index contributed by atoms with van der Waals surface area (Å²) in [6, 6.07) is -1.01. The summed E-state index contributed by atoms with van der Waals surface area (Å²) in [5.74, 6) is -0.596. The summed E-state index contributed by atoms with van der Waals surface area (Å²) >= 11 is 0. The Morgan fingerprint density at radius 2 is 0.700 bits per heavy atom. The Bertz CT molecular complexity index is 950. The first-order chi connectivity index (χ1) is 29.5. The lowest BCUT2D eigenvalue weighted by Gasteiger charge is -2.27. The lowest BCUT2D eigenvalue weighted by Crippen LogP contribution is -2.53. The number of carbonyl (C=O) groups excluding carboxylic acids is 1. The van der Waals surface area contributed by atoms with Crippen molar-refractivity contribution in [3.05, 3.63) is 36.5 Å². The lowest BCUT2D eigenvalue weighted by molar-refractivity contribution is -0.132. The zero-order valence-corrected chi connectivity index (χ0v) is 40.0. The van der Waals surface area contributed by atoms with Crippen LogP contribution in [0.25, 0.3) is 0 Å². The minimum Gasteiger partial charge on any atom is -0.394 e. The Hall–Kier alpha value is -1.47. The number of aliphatic hydroxyl groups excluding tert-OH is 4. The Labute approximate surface area is 373 Å². The maximum atomic E-state index is 12.6. The highest BCUT2D eigenvalue weighted by Crippen LogP contribution is 2.16. The Balaban J connectivity index is 3.68. The molecule has 4 atom stereocenters. The Morgan fingerprint density at radius 3 is 1.05 bits per heavy atom. The van der Waals surface area contributed by atoms with Crippen LogP contribution >= 0.6 is 0 Å². The van der Waals surface area contributed by atoms with E-state index in [0.717, 1.165) is 38.5 Å². The first-order valence-electron chi connectivity index (χ1n) is 26.4. The van der Waals surface area contributed by atoms with Gasteiger partial charge in [0.15, 0.2) is 0 Å². The van der Waals surface area contributed by atoms with Gasteiger partial charge in [0.1, 0.15) is 12.2 Å². The van der Waals surface area contributed by atoms with Gasteiger partial charge in [-0.1, -0.05) is 230 Å². The average Bonchev–Trinajstić information content (AvgIpc) is 3.25. The van der Waals surface area contributed by atoms with Crippen molar-refractivity contribution in [3.8, 4) is 0 Å². The molecule has 4 unspecified atom stereocenters. The van der Waals surface area contributed by atoms with E-state index in [-0.39, 0.29) is 0 Å². The van der Waals surface area contributed by atoms with Crippen molar-refractivity contribution >= 4 is 5.91 Å².